The average Bonchev–Trinajstić information content (AvgIpc) is 3.57. The Morgan fingerprint density at radius 3 is 1.72 bits per heavy atom. The van der Waals surface area contributed by atoms with Crippen molar-refractivity contribution in [3.05, 3.63) is 146 Å². The number of fused-ring (bicyclic) bond motifs is 8. The Bertz CT molecular complexity index is 2350. The summed E-state index contributed by atoms with van der Waals surface area (Å²) in [4.78, 5) is 8.00. The smallest absolute Gasteiger partial charge is 0.0361 e. The molecule has 0 spiro atoms. The monoisotopic (exact) mass is 600 g/mol. The van der Waals surface area contributed by atoms with Gasteiger partial charge in [0.1, 0.15) is 0 Å². The lowest BCUT2D eigenvalue weighted by Gasteiger charge is -2.20. The summed E-state index contributed by atoms with van der Waals surface area (Å²) >= 11 is 5.67. The minimum Gasteiger partial charge on any atom is -0.135 e. The second-order valence-corrected chi connectivity index (χ2v) is 14.1. The summed E-state index contributed by atoms with van der Waals surface area (Å²) in [5, 5.41) is 7.83. The maximum Gasteiger partial charge on any atom is 0.0361 e. The lowest BCUT2D eigenvalue weighted by atomic mass is 9.91. The molecular weight excluding hydrogens is 577 g/mol. The lowest BCUT2D eigenvalue weighted by Crippen LogP contribution is -1.91. The van der Waals surface area contributed by atoms with Crippen LogP contribution in [-0.2, 0) is 0 Å². The van der Waals surface area contributed by atoms with Crippen LogP contribution in [0.3, 0.4) is 0 Å². The first-order valence-corrected chi connectivity index (χ1v) is 16.9. The summed E-state index contributed by atoms with van der Waals surface area (Å²) in [7, 11) is 0. The van der Waals surface area contributed by atoms with Crippen molar-refractivity contribution in [1.29, 1.82) is 0 Å². The molecular formula is C40H24S3. The molecule has 0 fully saturated rings. The van der Waals surface area contributed by atoms with Crippen molar-refractivity contribution in [3.63, 3.8) is 0 Å². The first-order chi connectivity index (χ1) is 21.3. The molecule has 8 aromatic rings. The lowest BCUT2D eigenvalue weighted by molar-refractivity contribution is 1.16. The molecule has 0 amide bonds. The largest absolute Gasteiger partial charge is 0.135 e. The Labute approximate surface area is 263 Å². The third kappa shape index (κ3) is 4.23. The number of hydrogen-bond donors (Lipinski definition) is 0. The highest BCUT2D eigenvalue weighted by Gasteiger charge is 2.21. The van der Waals surface area contributed by atoms with Crippen molar-refractivity contribution >= 4 is 67.2 Å². The predicted molar refractivity (Wildman–Crippen MR) is 188 cm³/mol. The highest BCUT2D eigenvalue weighted by Crippen LogP contribution is 2.52. The fourth-order valence-corrected chi connectivity index (χ4v) is 9.79. The number of hydrogen-bond acceptors (Lipinski definition) is 3. The third-order valence-corrected chi connectivity index (χ3v) is 12.1. The first-order valence-electron chi connectivity index (χ1n) is 14.4. The normalized spacial score (nSPS) is 12.5. The maximum atomic E-state index is 2.41. The quantitative estimate of drug-likeness (QED) is 0.185. The Balaban J connectivity index is 1.18. The molecule has 0 unspecified atom stereocenters. The molecule has 0 nitrogen and oxygen atoms in total. The molecule has 0 radical (unpaired) electrons. The van der Waals surface area contributed by atoms with Crippen molar-refractivity contribution in [2.45, 2.75) is 19.6 Å². The summed E-state index contributed by atoms with van der Waals surface area (Å²) in [6.45, 7) is 0. The van der Waals surface area contributed by atoms with Crippen LogP contribution in [0.15, 0.2) is 165 Å². The van der Waals surface area contributed by atoms with Crippen molar-refractivity contribution in [2.75, 3.05) is 0 Å². The molecule has 2 heterocycles. The van der Waals surface area contributed by atoms with Gasteiger partial charge in [-0.25, -0.2) is 0 Å². The van der Waals surface area contributed by atoms with Gasteiger partial charge in [0.25, 0.3) is 0 Å². The van der Waals surface area contributed by atoms with E-state index in [2.05, 4.69) is 146 Å². The highest BCUT2D eigenvalue weighted by atomic mass is 32.2. The molecule has 1 aliphatic rings. The molecule has 0 bridgehead atoms. The van der Waals surface area contributed by atoms with Crippen LogP contribution in [-0.4, -0.2) is 0 Å². The molecule has 9 rings (SSSR count). The Kier molecular flexibility index (Phi) is 5.97. The summed E-state index contributed by atoms with van der Waals surface area (Å²) < 4.78 is 0. The maximum absolute atomic E-state index is 2.41. The predicted octanol–water partition coefficient (Wildman–Crippen LogP) is 12.8. The van der Waals surface area contributed by atoms with Gasteiger partial charge >= 0.3 is 0 Å². The van der Waals surface area contributed by atoms with Gasteiger partial charge in [0.05, 0.1) is 0 Å². The topological polar surface area (TPSA) is 0 Å². The average molecular weight is 601 g/mol. The second-order valence-electron chi connectivity index (χ2n) is 10.9. The Morgan fingerprint density at radius 2 is 0.907 bits per heavy atom. The van der Waals surface area contributed by atoms with Crippen LogP contribution in [0.2, 0.25) is 0 Å². The van der Waals surface area contributed by atoms with Gasteiger partial charge in [-0.1, -0.05) is 127 Å². The van der Waals surface area contributed by atoms with Crippen LogP contribution in [0, 0.1) is 0 Å². The van der Waals surface area contributed by atoms with Gasteiger partial charge in [-0.3, -0.25) is 0 Å². The molecule has 43 heavy (non-hydrogen) atoms. The molecule has 202 valence electrons. The Hall–Kier alpha value is -4.28. The summed E-state index contributed by atoms with van der Waals surface area (Å²) in [6.07, 6.45) is 0. The van der Waals surface area contributed by atoms with Gasteiger partial charge in [0.2, 0.25) is 0 Å². The molecule has 0 atom stereocenters. The van der Waals surface area contributed by atoms with E-state index in [4.69, 9.17) is 0 Å². The fourth-order valence-electron chi connectivity index (χ4n) is 6.30. The molecule has 1 aliphatic heterocycles. The number of benzene rings is 7. The van der Waals surface area contributed by atoms with Gasteiger partial charge in [-0.05, 0) is 91.5 Å². The standard InChI is InChI=1S/C40H24S3/c1-2-9-25(10-3-1)26-17-19-31-33(23-26)29-12-5-4-11-28(29)30-20-18-27(24-34(30)31)35-21-22-36(41-35)32-13-8-16-39-40(32)43-38-15-7-6-14-37(38)42-39/h1-24H. The molecule has 0 N–H and O–H groups in total. The van der Waals surface area contributed by atoms with Crippen molar-refractivity contribution < 1.29 is 0 Å². The van der Waals surface area contributed by atoms with Crippen LogP contribution in [0.25, 0.3) is 64.3 Å². The van der Waals surface area contributed by atoms with Crippen molar-refractivity contribution in [3.8, 4) is 32.0 Å². The molecule has 7 aromatic carbocycles. The zero-order valence-corrected chi connectivity index (χ0v) is 25.5. The zero-order valence-electron chi connectivity index (χ0n) is 23.1. The molecule has 1 aromatic heterocycles. The summed E-state index contributed by atoms with van der Waals surface area (Å²) in [5.74, 6) is 0. The van der Waals surface area contributed by atoms with Gasteiger partial charge < -0.3 is 0 Å². The minimum atomic E-state index is 1.25. The molecule has 0 saturated heterocycles. The Morgan fingerprint density at radius 1 is 0.326 bits per heavy atom. The zero-order chi connectivity index (χ0) is 28.3. The van der Waals surface area contributed by atoms with Gasteiger partial charge in [-0.2, -0.15) is 0 Å². The number of thiophene rings is 1. The van der Waals surface area contributed by atoms with E-state index in [1.54, 1.807) is 0 Å². The van der Waals surface area contributed by atoms with Crippen molar-refractivity contribution in [2.24, 2.45) is 0 Å². The van der Waals surface area contributed by atoms with Crippen LogP contribution < -0.4 is 0 Å². The van der Waals surface area contributed by atoms with E-state index < -0.39 is 0 Å². The van der Waals surface area contributed by atoms with Crippen molar-refractivity contribution in [1.82, 2.24) is 0 Å². The van der Waals surface area contributed by atoms with Crippen LogP contribution in [0.1, 0.15) is 0 Å². The van der Waals surface area contributed by atoms with E-state index in [9.17, 15) is 0 Å². The summed E-state index contributed by atoms with van der Waals surface area (Å²) in [6, 6.07) is 53.6. The van der Waals surface area contributed by atoms with E-state index in [1.165, 1.54) is 83.9 Å². The fraction of sp³-hybridized carbons (Fsp3) is 0. The van der Waals surface area contributed by atoms with E-state index >= 15 is 0 Å². The molecule has 0 saturated carbocycles. The van der Waals surface area contributed by atoms with E-state index in [0.29, 0.717) is 0 Å². The molecule has 3 heteroatoms. The number of rotatable bonds is 3. The van der Waals surface area contributed by atoms with Gasteiger partial charge in [0, 0.05) is 34.9 Å². The van der Waals surface area contributed by atoms with Crippen LogP contribution in [0.5, 0.6) is 0 Å². The van der Waals surface area contributed by atoms with Gasteiger partial charge in [-0.15, -0.1) is 11.3 Å². The SMILES string of the molecule is c1ccc(-c2ccc3c(c2)c2ccccc2c2ccc(-c4ccc(-c5cccc6c5Sc5ccccc5S6)s4)cc23)cc1. The second kappa shape index (κ2) is 10.2. The highest BCUT2D eigenvalue weighted by molar-refractivity contribution is 8.05. The van der Waals surface area contributed by atoms with E-state index in [1.807, 2.05) is 34.9 Å². The minimum absolute atomic E-state index is 1.25. The van der Waals surface area contributed by atoms with Crippen LogP contribution in [0.4, 0.5) is 0 Å². The van der Waals surface area contributed by atoms with Gasteiger partial charge in [0.15, 0.2) is 0 Å². The van der Waals surface area contributed by atoms with E-state index in [0.717, 1.165) is 0 Å². The summed E-state index contributed by atoms with van der Waals surface area (Å²) in [5.41, 5.74) is 5.09. The third-order valence-electron chi connectivity index (χ3n) is 8.36. The van der Waals surface area contributed by atoms with Crippen LogP contribution >= 0.6 is 34.9 Å². The first kappa shape index (κ1) is 25.2. The molecule has 0 aliphatic carbocycles. The van der Waals surface area contributed by atoms with E-state index in [-0.39, 0.29) is 0 Å².